The molecule has 1 N–H and O–H groups in total. The van der Waals surface area contributed by atoms with E-state index < -0.39 is 10.8 Å². The van der Waals surface area contributed by atoms with Gasteiger partial charge in [-0.15, -0.1) is 0 Å². The van der Waals surface area contributed by atoms with Gasteiger partial charge in [-0.1, -0.05) is 41.6 Å². The van der Waals surface area contributed by atoms with Gasteiger partial charge in [0.25, 0.3) is 11.2 Å². The molecular weight excluding hydrogens is 468 g/mol. The van der Waals surface area contributed by atoms with E-state index >= 15 is 0 Å². The molecule has 0 saturated heterocycles. The zero-order chi connectivity index (χ0) is 25.1. The number of non-ortho nitro benzene ring substituents is 1. The van der Waals surface area contributed by atoms with E-state index in [1.54, 1.807) is 24.3 Å². The second-order valence-corrected chi connectivity index (χ2v) is 8.76. The maximum absolute atomic E-state index is 13.4. The number of hydrogen-bond acceptors (Lipinski definition) is 7. The van der Waals surface area contributed by atoms with Crippen LogP contribution in [0.2, 0.25) is 0 Å². The van der Waals surface area contributed by atoms with Crippen LogP contribution in [0.25, 0.3) is 16.6 Å². The zero-order valence-corrected chi connectivity index (χ0v) is 20.1. The number of aromatic nitrogens is 2. The van der Waals surface area contributed by atoms with Crippen molar-refractivity contribution in [1.82, 2.24) is 9.55 Å². The number of benzene rings is 3. The van der Waals surface area contributed by atoms with Crippen molar-refractivity contribution >= 4 is 39.9 Å². The van der Waals surface area contributed by atoms with Crippen molar-refractivity contribution < 1.29 is 14.5 Å². The molecule has 0 fully saturated rings. The van der Waals surface area contributed by atoms with Gasteiger partial charge in [-0.3, -0.25) is 24.3 Å². The summed E-state index contributed by atoms with van der Waals surface area (Å²) in [4.78, 5) is 41.4. The summed E-state index contributed by atoms with van der Waals surface area (Å²) in [5, 5.41) is 14.6. The third-order valence-corrected chi connectivity index (χ3v) is 6.28. The number of nitrogens with one attached hydrogen (secondary N) is 1. The SMILES string of the molecule is COc1ccc([N+](=O)[O-])cc1NC(=O)CSc1nc2ccccc2c(=O)n1-c1ccc(C)cc1C. The first-order chi connectivity index (χ1) is 16.8. The lowest BCUT2D eigenvalue weighted by Gasteiger charge is -2.16. The molecule has 0 saturated carbocycles. The number of nitro groups is 1. The highest BCUT2D eigenvalue weighted by molar-refractivity contribution is 7.99. The number of carbonyl (C=O) groups is 1. The van der Waals surface area contributed by atoms with Crippen LogP contribution in [0, 0.1) is 24.0 Å². The Morgan fingerprint density at radius 1 is 1.14 bits per heavy atom. The van der Waals surface area contributed by atoms with Gasteiger partial charge in [0.05, 0.1) is 40.1 Å². The van der Waals surface area contributed by atoms with Crippen LogP contribution in [0.1, 0.15) is 11.1 Å². The average molecular weight is 491 g/mol. The van der Waals surface area contributed by atoms with Crippen LogP contribution in [-0.4, -0.2) is 33.2 Å². The Hall–Kier alpha value is -4.18. The summed E-state index contributed by atoms with van der Waals surface area (Å²) in [5.41, 5.74) is 2.96. The van der Waals surface area contributed by atoms with Crippen molar-refractivity contribution in [3.63, 3.8) is 0 Å². The Morgan fingerprint density at radius 3 is 2.63 bits per heavy atom. The largest absolute Gasteiger partial charge is 0.495 e. The summed E-state index contributed by atoms with van der Waals surface area (Å²) < 4.78 is 6.72. The minimum absolute atomic E-state index is 0.0818. The molecule has 1 amide bonds. The summed E-state index contributed by atoms with van der Waals surface area (Å²) in [6.07, 6.45) is 0. The van der Waals surface area contributed by atoms with Crippen LogP contribution in [-0.2, 0) is 4.79 Å². The first-order valence-electron chi connectivity index (χ1n) is 10.6. The van der Waals surface area contributed by atoms with E-state index in [2.05, 4.69) is 10.3 Å². The van der Waals surface area contributed by atoms with Gasteiger partial charge in [0.15, 0.2) is 5.16 Å². The maximum atomic E-state index is 13.4. The first-order valence-corrected chi connectivity index (χ1v) is 11.6. The van der Waals surface area contributed by atoms with E-state index in [0.717, 1.165) is 22.9 Å². The molecule has 4 rings (SSSR count). The smallest absolute Gasteiger partial charge is 0.271 e. The Bertz CT molecular complexity index is 1520. The van der Waals surface area contributed by atoms with Crippen molar-refractivity contribution in [2.45, 2.75) is 19.0 Å². The average Bonchev–Trinajstić information content (AvgIpc) is 2.83. The Morgan fingerprint density at radius 2 is 1.91 bits per heavy atom. The number of aryl methyl sites for hydroxylation is 2. The van der Waals surface area contributed by atoms with Crippen molar-refractivity contribution in [2.75, 3.05) is 18.2 Å². The van der Waals surface area contributed by atoms with Gasteiger partial charge < -0.3 is 10.1 Å². The van der Waals surface area contributed by atoms with Crippen molar-refractivity contribution in [2.24, 2.45) is 0 Å². The number of hydrogen-bond donors (Lipinski definition) is 1. The Balaban J connectivity index is 1.68. The molecule has 35 heavy (non-hydrogen) atoms. The molecule has 0 atom stereocenters. The Labute approximate surface area is 204 Å². The topological polar surface area (TPSA) is 116 Å². The van der Waals surface area contributed by atoms with E-state index in [4.69, 9.17) is 4.74 Å². The molecular formula is C25H22N4O5S. The molecule has 0 spiro atoms. The summed E-state index contributed by atoms with van der Waals surface area (Å²) >= 11 is 1.10. The maximum Gasteiger partial charge on any atom is 0.271 e. The molecule has 0 aliphatic carbocycles. The molecule has 1 aromatic heterocycles. The minimum Gasteiger partial charge on any atom is -0.495 e. The monoisotopic (exact) mass is 490 g/mol. The van der Waals surface area contributed by atoms with Crippen LogP contribution in [0.15, 0.2) is 70.6 Å². The van der Waals surface area contributed by atoms with Crippen LogP contribution in [0.3, 0.4) is 0 Å². The minimum atomic E-state index is -0.550. The summed E-state index contributed by atoms with van der Waals surface area (Å²) in [6, 6.07) is 16.8. The number of carbonyl (C=O) groups excluding carboxylic acids is 1. The second kappa shape index (κ2) is 9.98. The first kappa shape index (κ1) is 24.0. The third kappa shape index (κ3) is 5.02. The number of amides is 1. The number of ether oxygens (including phenoxy) is 1. The lowest BCUT2D eigenvalue weighted by molar-refractivity contribution is -0.384. The fourth-order valence-electron chi connectivity index (χ4n) is 3.70. The van der Waals surface area contributed by atoms with Crippen LogP contribution < -0.4 is 15.6 Å². The summed E-state index contributed by atoms with van der Waals surface area (Å²) in [6.45, 7) is 3.89. The molecule has 0 aliphatic heterocycles. The van der Waals surface area contributed by atoms with E-state index in [0.29, 0.717) is 27.5 Å². The molecule has 178 valence electrons. The van der Waals surface area contributed by atoms with Gasteiger partial charge >= 0.3 is 0 Å². The van der Waals surface area contributed by atoms with Crippen LogP contribution in [0.4, 0.5) is 11.4 Å². The van der Waals surface area contributed by atoms with Crippen molar-refractivity contribution in [3.05, 3.63) is 92.3 Å². The molecule has 0 radical (unpaired) electrons. The normalized spacial score (nSPS) is 10.8. The van der Waals surface area contributed by atoms with Gasteiger partial charge in [0.1, 0.15) is 5.75 Å². The number of anilines is 1. The number of rotatable bonds is 7. The number of nitrogens with zero attached hydrogens (tertiary/aromatic N) is 3. The standard InChI is InChI=1S/C25H22N4O5S/c1-15-8-10-21(16(2)12-15)28-24(31)18-6-4-5-7-19(18)27-25(28)35-14-23(30)26-20-13-17(29(32)33)9-11-22(20)34-3/h4-13H,14H2,1-3H3,(H,26,30). The van der Waals surface area contributed by atoms with E-state index in [9.17, 15) is 19.7 Å². The molecule has 9 nitrogen and oxygen atoms in total. The lowest BCUT2D eigenvalue weighted by Crippen LogP contribution is -2.23. The lowest BCUT2D eigenvalue weighted by atomic mass is 10.1. The van der Waals surface area contributed by atoms with Gasteiger partial charge in [-0.2, -0.15) is 0 Å². The molecule has 10 heteroatoms. The molecule has 4 aromatic rings. The number of methoxy groups -OCH3 is 1. The third-order valence-electron chi connectivity index (χ3n) is 5.34. The summed E-state index contributed by atoms with van der Waals surface area (Å²) in [7, 11) is 1.41. The molecule has 1 heterocycles. The molecule has 0 aliphatic rings. The van der Waals surface area contributed by atoms with E-state index in [-0.39, 0.29) is 22.7 Å². The number of nitro benzene ring substituents is 1. The predicted octanol–water partition coefficient (Wildman–Crippen LogP) is 4.65. The number of para-hydroxylation sites is 1. The van der Waals surface area contributed by atoms with E-state index in [1.165, 1.54) is 29.9 Å². The van der Waals surface area contributed by atoms with Gasteiger partial charge in [-0.25, -0.2) is 4.98 Å². The van der Waals surface area contributed by atoms with Crippen molar-refractivity contribution in [3.8, 4) is 11.4 Å². The fraction of sp³-hybridized carbons (Fsp3) is 0.160. The molecule has 0 bridgehead atoms. The van der Waals surface area contributed by atoms with Crippen LogP contribution >= 0.6 is 11.8 Å². The highest BCUT2D eigenvalue weighted by atomic mass is 32.2. The van der Waals surface area contributed by atoms with E-state index in [1.807, 2.05) is 32.0 Å². The highest BCUT2D eigenvalue weighted by Gasteiger charge is 2.18. The van der Waals surface area contributed by atoms with Gasteiger partial charge in [0, 0.05) is 12.1 Å². The highest BCUT2D eigenvalue weighted by Crippen LogP contribution is 2.29. The molecule has 0 unspecified atom stereocenters. The van der Waals surface area contributed by atoms with Crippen molar-refractivity contribution in [1.29, 1.82) is 0 Å². The predicted molar refractivity (Wildman–Crippen MR) is 136 cm³/mol. The van der Waals surface area contributed by atoms with Gasteiger partial charge in [-0.05, 0) is 43.7 Å². The molecule has 3 aromatic carbocycles. The zero-order valence-electron chi connectivity index (χ0n) is 19.3. The Kier molecular flexibility index (Phi) is 6.83. The van der Waals surface area contributed by atoms with Gasteiger partial charge in [0.2, 0.25) is 5.91 Å². The summed E-state index contributed by atoms with van der Waals surface area (Å²) in [5.74, 6) is -0.213. The number of fused-ring (bicyclic) bond motifs is 1. The fourth-order valence-corrected chi connectivity index (χ4v) is 4.51. The number of thioether (sulfide) groups is 1. The second-order valence-electron chi connectivity index (χ2n) is 7.82. The van der Waals surface area contributed by atoms with Crippen LogP contribution in [0.5, 0.6) is 5.75 Å². The quantitative estimate of drug-likeness (QED) is 0.173.